The van der Waals surface area contributed by atoms with Crippen LogP contribution in [-0.2, 0) is 0 Å². The van der Waals surface area contributed by atoms with Crippen LogP contribution in [0, 0.1) is 5.92 Å². The molecule has 0 saturated heterocycles. The molecular weight excluding hydrogens is 250 g/mol. The molecule has 0 aromatic carbocycles. The number of halogens is 1. The minimum Gasteiger partial charge on any atom is -0.312 e. The van der Waals surface area contributed by atoms with Crippen molar-refractivity contribution in [2.45, 2.75) is 52.0 Å². The summed E-state index contributed by atoms with van der Waals surface area (Å²) in [7, 11) is 2.05. The summed E-state index contributed by atoms with van der Waals surface area (Å²) in [5.41, 5.74) is 0. The Balaban J connectivity index is 2.55. The van der Waals surface area contributed by atoms with Gasteiger partial charge in [0.2, 0.25) is 0 Å². The fourth-order valence-electron chi connectivity index (χ4n) is 2.21. The second-order valence-corrected chi connectivity index (χ2v) is 6.38. The second kappa shape index (κ2) is 8.12. The average Bonchev–Trinajstić information content (AvgIpc) is 2.76. The van der Waals surface area contributed by atoms with Gasteiger partial charge in [-0.1, -0.05) is 51.1 Å². The van der Waals surface area contributed by atoms with Gasteiger partial charge in [0.25, 0.3) is 0 Å². The van der Waals surface area contributed by atoms with Crippen LogP contribution in [0.1, 0.15) is 56.9 Å². The van der Waals surface area contributed by atoms with Crippen molar-refractivity contribution in [3.8, 4) is 0 Å². The number of nitrogens with one attached hydrogen (secondary N) is 1. The summed E-state index contributed by atoms with van der Waals surface area (Å²) >= 11 is 7.71. The Kier molecular flexibility index (Phi) is 7.17. The van der Waals surface area contributed by atoms with E-state index in [2.05, 4.69) is 25.2 Å². The van der Waals surface area contributed by atoms with Gasteiger partial charge in [-0.2, -0.15) is 0 Å². The van der Waals surface area contributed by atoms with Gasteiger partial charge in [0.1, 0.15) is 0 Å². The zero-order valence-corrected chi connectivity index (χ0v) is 12.7. The highest BCUT2D eigenvalue weighted by molar-refractivity contribution is 7.16. The molecule has 0 aliphatic heterocycles. The molecule has 1 aromatic rings. The molecular formula is C14H24ClNS. The summed E-state index contributed by atoms with van der Waals surface area (Å²) < 4.78 is 0.891. The van der Waals surface area contributed by atoms with E-state index in [9.17, 15) is 0 Å². The zero-order chi connectivity index (χ0) is 12.7. The fraction of sp³-hybridized carbons (Fsp3) is 0.714. The molecule has 0 bridgehead atoms. The number of unbranched alkanes of at least 4 members (excludes halogenated alkanes) is 1. The summed E-state index contributed by atoms with van der Waals surface area (Å²) in [4.78, 5) is 1.37. The third kappa shape index (κ3) is 4.99. The van der Waals surface area contributed by atoms with Crippen molar-refractivity contribution in [3.05, 3.63) is 21.3 Å². The summed E-state index contributed by atoms with van der Waals surface area (Å²) in [5, 5.41) is 3.42. The highest BCUT2D eigenvalue weighted by atomic mass is 35.5. The van der Waals surface area contributed by atoms with Gasteiger partial charge in [-0.05, 0) is 31.5 Å². The minimum absolute atomic E-state index is 0.467. The maximum atomic E-state index is 6.01. The zero-order valence-electron chi connectivity index (χ0n) is 11.1. The van der Waals surface area contributed by atoms with Gasteiger partial charge in [0.05, 0.1) is 4.34 Å². The number of hydrogen-bond acceptors (Lipinski definition) is 2. The van der Waals surface area contributed by atoms with Crippen LogP contribution in [0.2, 0.25) is 4.34 Å². The fourth-order valence-corrected chi connectivity index (χ4v) is 3.39. The van der Waals surface area contributed by atoms with E-state index < -0.39 is 0 Å². The van der Waals surface area contributed by atoms with Gasteiger partial charge < -0.3 is 5.32 Å². The van der Waals surface area contributed by atoms with Gasteiger partial charge in [0.15, 0.2) is 0 Å². The molecule has 1 N–H and O–H groups in total. The smallest absolute Gasteiger partial charge is 0.0931 e. The van der Waals surface area contributed by atoms with Crippen molar-refractivity contribution >= 4 is 22.9 Å². The first-order valence-electron chi connectivity index (χ1n) is 6.63. The number of thiophene rings is 1. The van der Waals surface area contributed by atoms with Crippen molar-refractivity contribution in [3.63, 3.8) is 0 Å². The predicted octanol–water partition coefficient (Wildman–Crippen LogP) is 5.27. The van der Waals surface area contributed by atoms with E-state index in [1.165, 1.54) is 37.0 Å². The molecule has 1 aromatic heterocycles. The van der Waals surface area contributed by atoms with Crippen molar-refractivity contribution < 1.29 is 0 Å². The Labute approximate surface area is 115 Å². The Morgan fingerprint density at radius 1 is 1.35 bits per heavy atom. The van der Waals surface area contributed by atoms with Crippen molar-refractivity contribution in [2.75, 3.05) is 7.05 Å². The molecule has 0 aliphatic rings. The minimum atomic E-state index is 0.467. The van der Waals surface area contributed by atoms with Crippen LogP contribution in [0.5, 0.6) is 0 Å². The standard InChI is InChI=1S/C14H24ClNS/c1-4-6-7-11(5-2)10-12(16-3)13-8-9-14(15)17-13/h8-9,11-12,16H,4-7,10H2,1-3H3. The van der Waals surface area contributed by atoms with Crippen LogP contribution >= 0.6 is 22.9 Å². The molecule has 0 aliphatic carbocycles. The molecule has 0 amide bonds. The van der Waals surface area contributed by atoms with Gasteiger partial charge >= 0.3 is 0 Å². The van der Waals surface area contributed by atoms with E-state index in [1.54, 1.807) is 11.3 Å². The van der Waals surface area contributed by atoms with Crippen LogP contribution in [0.3, 0.4) is 0 Å². The van der Waals surface area contributed by atoms with Gasteiger partial charge in [-0.3, -0.25) is 0 Å². The van der Waals surface area contributed by atoms with E-state index in [1.807, 2.05) is 13.1 Å². The third-order valence-corrected chi connectivity index (χ3v) is 4.74. The van der Waals surface area contributed by atoms with Crippen LogP contribution in [-0.4, -0.2) is 7.05 Å². The van der Waals surface area contributed by atoms with Crippen LogP contribution < -0.4 is 5.32 Å². The Bertz CT molecular complexity index is 311. The van der Waals surface area contributed by atoms with Gasteiger partial charge in [0, 0.05) is 10.9 Å². The summed E-state index contributed by atoms with van der Waals surface area (Å²) in [6.45, 7) is 4.57. The SMILES string of the molecule is CCCCC(CC)CC(NC)c1ccc(Cl)s1. The summed E-state index contributed by atoms with van der Waals surface area (Å²) in [6, 6.07) is 4.62. The topological polar surface area (TPSA) is 12.0 Å². The van der Waals surface area contributed by atoms with E-state index in [0.717, 1.165) is 10.3 Å². The molecule has 2 unspecified atom stereocenters. The molecule has 17 heavy (non-hydrogen) atoms. The molecule has 1 nitrogen and oxygen atoms in total. The molecule has 0 fully saturated rings. The number of rotatable bonds is 8. The van der Waals surface area contributed by atoms with Crippen molar-refractivity contribution in [1.29, 1.82) is 0 Å². The monoisotopic (exact) mass is 273 g/mol. The lowest BCUT2D eigenvalue weighted by Crippen LogP contribution is -2.18. The summed E-state index contributed by atoms with van der Waals surface area (Å²) in [5.74, 6) is 0.827. The maximum Gasteiger partial charge on any atom is 0.0931 e. The molecule has 3 heteroatoms. The largest absolute Gasteiger partial charge is 0.312 e. The second-order valence-electron chi connectivity index (χ2n) is 4.64. The van der Waals surface area contributed by atoms with Gasteiger partial charge in [-0.15, -0.1) is 11.3 Å². The molecule has 1 heterocycles. The quantitative estimate of drug-likeness (QED) is 0.680. The van der Waals surface area contributed by atoms with E-state index in [4.69, 9.17) is 11.6 Å². The Morgan fingerprint density at radius 3 is 2.59 bits per heavy atom. The average molecular weight is 274 g/mol. The molecule has 98 valence electrons. The van der Waals surface area contributed by atoms with E-state index in [-0.39, 0.29) is 0 Å². The maximum absolute atomic E-state index is 6.01. The Morgan fingerprint density at radius 2 is 2.12 bits per heavy atom. The lowest BCUT2D eigenvalue weighted by atomic mass is 9.91. The molecule has 0 radical (unpaired) electrons. The highest BCUT2D eigenvalue weighted by Gasteiger charge is 2.16. The lowest BCUT2D eigenvalue weighted by Gasteiger charge is -2.21. The third-order valence-electron chi connectivity index (χ3n) is 3.40. The van der Waals surface area contributed by atoms with Crippen molar-refractivity contribution in [2.24, 2.45) is 5.92 Å². The van der Waals surface area contributed by atoms with E-state index in [0.29, 0.717) is 6.04 Å². The predicted molar refractivity (Wildman–Crippen MR) is 79.1 cm³/mol. The van der Waals surface area contributed by atoms with Crippen LogP contribution in [0.4, 0.5) is 0 Å². The lowest BCUT2D eigenvalue weighted by molar-refractivity contribution is 0.367. The Hall–Kier alpha value is -0.0500. The van der Waals surface area contributed by atoms with Crippen LogP contribution in [0.15, 0.2) is 12.1 Å². The van der Waals surface area contributed by atoms with E-state index >= 15 is 0 Å². The van der Waals surface area contributed by atoms with Crippen molar-refractivity contribution in [1.82, 2.24) is 5.32 Å². The highest BCUT2D eigenvalue weighted by Crippen LogP contribution is 2.32. The normalized spacial score (nSPS) is 14.8. The first-order valence-corrected chi connectivity index (χ1v) is 7.83. The number of hydrogen-bond donors (Lipinski definition) is 1. The molecule has 0 spiro atoms. The molecule has 2 atom stereocenters. The first kappa shape index (κ1) is 15.0. The van der Waals surface area contributed by atoms with Crippen LogP contribution in [0.25, 0.3) is 0 Å². The molecule has 0 saturated carbocycles. The first-order chi connectivity index (χ1) is 8.21. The molecule has 1 rings (SSSR count). The van der Waals surface area contributed by atoms with Gasteiger partial charge in [-0.25, -0.2) is 0 Å². The summed E-state index contributed by atoms with van der Waals surface area (Å²) in [6.07, 6.45) is 6.50.